The second-order valence-corrected chi connectivity index (χ2v) is 5.04. The van der Waals surface area contributed by atoms with Crippen molar-refractivity contribution in [2.75, 3.05) is 19.6 Å². The molecular formula is C12H18N6O. The van der Waals surface area contributed by atoms with Gasteiger partial charge in [0.15, 0.2) is 0 Å². The van der Waals surface area contributed by atoms with Crippen LogP contribution in [0, 0.1) is 0 Å². The van der Waals surface area contributed by atoms with Gasteiger partial charge in [-0.25, -0.2) is 0 Å². The number of likely N-dealkylation sites (tertiary alicyclic amines) is 1. The van der Waals surface area contributed by atoms with Gasteiger partial charge in [-0.3, -0.25) is 9.58 Å². The predicted octanol–water partition coefficient (Wildman–Crippen LogP) is -0.0152. The minimum absolute atomic E-state index is 0.598. The van der Waals surface area contributed by atoms with Crippen LogP contribution in [0.1, 0.15) is 18.5 Å². The fourth-order valence-electron chi connectivity index (χ4n) is 2.63. The molecule has 0 bridgehead atoms. The summed E-state index contributed by atoms with van der Waals surface area (Å²) in [5.74, 6) is 0. The van der Waals surface area contributed by atoms with E-state index in [1.54, 1.807) is 12.4 Å². The third-order valence-corrected chi connectivity index (χ3v) is 3.65. The van der Waals surface area contributed by atoms with E-state index >= 15 is 0 Å². The molecule has 7 heteroatoms. The molecule has 0 aromatic carbocycles. The van der Waals surface area contributed by atoms with Crippen molar-refractivity contribution in [3.05, 3.63) is 30.4 Å². The first kappa shape index (κ1) is 12.3. The van der Waals surface area contributed by atoms with E-state index in [9.17, 15) is 5.11 Å². The summed E-state index contributed by atoms with van der Waals surface area (Å²) in [7, 11) is 0. The Morgan fingerprint density at radius 2 is 2.37 bits per heavy atom. The van der Waals surface area contributed by atoms with Gasteiger partial charge in [0.1, 0.15) is 11.3 Å². The molecule has 3 heterocycles. The molecule has 2 aromatic rings. The molecule has 3 rings (SSSR count). The van der Waals surface area contributed by atoms with Gasteiger partial charge in [-0.05, 0) is 25.5 Å². The Hall–Kier alpha value is -1.73. The smallest absolute Gasteiger partial charge is 0.123 e. The van der Waals surface area contributed by atoms with Gasteiger partial charge in [0.25, 0.3) is 0 Å². The van der Waals surface area contributed by atoms with Crippen molar-refractivity contribution in [3.8, 4) is 0 Å². The molecule has 1 aliphatic heterocycles. The molecular weight excluding hydrogens is 244 g/mol. The number of piperidine rings is 1. The lowest BCUT2D eigenvalue weighted by atomic mass is 9.90. The van der Waals surface area contributed by atoms with Crippen molar-refractivity contribution in [2.24, 2.45) is 0 Å². The van der Waals surface area contributed by atoms with E-state index in [0.29, 0.717) is 12.2 Å². The third kappa shape index (κ3) is 2.66. The van der Waals surface area contributed by atoms with Crippen molar-refractivity contribution in [1.29, 1.82) is 0 Å². The summed E-state index contributed by atoms with van der Waals surface area (Å²) in [6.07, 6.45) is 7.03. The van der Waals surface area contributed by atoms with Crippen LogP contribution in [0.4, 0.5) is 0 Å². The highest BCUT2D eigenvalue weighted by Crippen LogP contribution is 2.29. The molecule has 1 fully saturated rings. The van der Waals surface area contributed by atoms with Crippen LogP contribution in [0.2, 0.25) is 0 Å². The number of hydrogen-bond acceptors (Lipinski definition) is 5. The van der Waals surface area contributed by atoms with E-state index in [4.69, 9.17) is 0 Å². The SMILES string of the molecule is OC1(c2cn[nH]n2)CCCN(CCn2cccn2)C1. The van der Waals surface area contributed by atoms with Gasteiger partial charge in [-0.15, -0.1) is 0 Å². The Balaban J connectivity index is 1.62. The Morgan fingerprint density at radius 3 is 3.11 bits per heavy atom. The van der Waals surface area contributed by atoms with Crippen LogP contribution >= 0.6 is 0 Å². The van der Waals surface area contributed by atoms with Crippen molar-refractivity contribution in [2.45, 2.75) is 25.0 Å². The maximum Gasteiger partial charge on any atom is 0.123 e. The van der Waals surface area contributed by atoms with E-state index in [-0.39, 0.29) is 0 Å². The van der Waals surface area contributed by atoms with Crippen LogP contribution in [-0.2, 0) is 12.1 Å². The van der Waals surface area contributed by atoms with Crippen molar-refractivity contribution in [1.82, 2.24) is 30.1 Å². The summed E-state index contributed by atoms with van der Waals surface area (Å²) < 4.78 is 1.91. The third-order valence-electron chi connectivity index (χ3n) is 3.65. The lowest BCUT2D eigenvalue weighted by Crippen LogP contribution is -2.47. The minimum atomic E-state index is -0.880. The van der Waals surface area contributed by atoms with E-state index in [1.807, 2.05) is 16.9 Å². The largest absolute Gasteiger partial charge is 0.382 e. The Kier molecular flexibility index (Phi) is 3.31. The molecule has 0 radical (unpaired) electrons. The number of nitrogens with one attached hydrogen (secondary N) is 1. The predicted molar refractivity (Wildman–Crippen MR) is 68.2 cm³/mol. The normalized spacial score (nSPS) is 24.7. The lowest BCUT2D eigenvalue weighted by Gasteiger charge is -2.37. The quantitative estimate of drug-likeness (QED) is 0.809. The summed E-state index contributed by atoms with van der Waals surface area (Å²) in [4.78, 5) is 2.25. The maximum absolute atomic E-state index is 10.7. The molecule has 1 unspecified atom stereocenters. The van der Waals surface area contributed by atoms with Crippen LogP contribution in [-0.4, -0.2) is 54.8 Å². The lowest BCUT2D eigenvalue weighted by molar-refractivity contribution is -0.0398. The Bertz CT molecular complexity index is 496. The minimum Gasteiger partial charge on any atom is -0.382 e. The number of H-pyrrole nitrogens is 1. The monoisotopic (exact) mass is 262 g/mol. The fourth-order valence-corrected chi connectivity index (χ4v) is 2.63. The standard InChI is InChI=1S/C12H18N6O/c19-12(11-9-13-16-15-11)3-1-5-17(10-12)7-8-18-6-2-4-14-18/h2,4,6,9,19H,1,3,5,7-8,10H2,(H,13,15,16). The van der Waals surface area contributed by atoms with Crippen LogP contribution in [0.25, 0.3) is 0 Å². The number of hydrogen-bond donors (Lipinski definition) is 2. The number of rotatable bonds is 4. The average Bonchev–Trinajstić information content (AvgIpc) is 3.10. The molecule has 0 aliphatic carbocycles. The molecule has 0 spiro atoms. The number of aromatic nitrogens is 5. The molecule has 1 aliphatic rings. The molecule has 1 saturated heterocycles. The summed E-state index contributed by atoms with van der Waals surface area (Å²) in [5.41, 5.74) is -0.244. The first-order chi connectivity index (χ1) is 9.26. The zero-order chi connectivity index (χ0) is 13.1. The van der Waals surface area contributed by atoms with Crippen LogP contribution in [0.15, 0.2) is 24.7 Å². The molecule has 2 aromatic heterocycles. The molecule has 19 heavy (non-hydrogen) atoms. The highest BCUT2D eigenvalue weighted by molar-refractivity contribution is 5.08. The second-order valence-electron chi connectivity index (χ2n) is 5.04. The van der Waals surface area contributed by atoms with E-state index in [2.05, 4.69) is 25.4 Å². The Morgan fingerprint density at radius 1 is 1.42 bits per heavy atom. The van der Waals surface area contributed by atoms with Gasteiger partial charge >= 0.3 is 0 Å². The van der Waals surface area contributed by atoms with Crippen molar-refractivity contribution < 1.29 is 5.11 Å². The van der Waals surface area contributed by atoms with Crippen LogP contribution in [0.3, 0.4) is 0 Å². The van der Waals surface area contributed by atoms with Crippen molar-refractivity contribution in [3.63, 3.8) is 0 Å². The van der Waals surface area contributed by atoms with Crippen LogP contribution < -0.4 is 0 Å². The molecule has 2 N–H and O–H groups in total. The van der Waals surface area contributed by atoms with Gasteiger partial charge in [0, 0.05) is 25.5 Å². The van der Waals surface area contributed by atoms with Crippen LogP contribution in [0.5, 0.6) is 0 Å². The average molecular weight is 262 g/mol. The fraction of sp³-hybridized carbons (Fsp3) is 0.583. The number of aliphatic hydroxyl groups is 1. The first-order valence-electron chi connectivity index (χ1n) is 6.55. The van der Waals surface area contributed by atoms with E-state index in [0.717, 1.165) is 32.5 Å². The first-order valence-corrected chi connectivity index (χ1v) is 6.55. The van der Waals surface area contributed by atoms with Gasteiger partial charge in [-0.1, -0.05) is 0 Å². The highest BCUT2D eigenvalue weighted by Gasteiger charge is 2.36. The molecule has 0 amide bonds. The summed E-state index contributed by atoms with van der Waals surface area (Å²) in [6.45, 7) is 3.31. The summed E-state index contributed by atoms with van der Waals surface area (Å²) in [6, 6.07) is 1.92. The number of aromatic amines is 1. The maximum atomic E-state index is 10.7. The second kappa shape index (κ2) is 5.10. The van der Waals surface area contributed by atoms with Gasteiger partial charge in [-0.2, -0.15) is 20.5 Å². The van der Waals surface area contributed by atoms with Gasteiger partial charge in [0.2, 0.25) is 0 Å². The zero-order valence-corrected chi connectivity index (χ0v) is 10.7. The highest BCUT2D eigenvalue weighted by atomic mass is 16.3. The number of β-amino-alcohol motifs (C(OH)–C–C–N with tert-alkyl or cyclic N) is 1. The zero-order valence-electron chi connectivity index (χ0n) is 10.7. The van der Waals surface area contributed by atoms with E-state index in [1.165, 1.54) is 0 Å². The van der Waals surface area contributed by atoms with Gasteiger partial charge in [0.05, 0.1) is 12.7 Å². The number of nitrogens with zero attached hydrogens (tertiary/aromatic N) is 5. The topological polar surface area (TPSA) is 82.9 Å². The molecule has 7 nitrogen and oxygen atoms in total. The molecule has 1 atom stereocenters. The van der Waals surface area contributed by atoms with Crippen molar-refractivity contribution >= 4 is 0 Å². The summed E-state index contributed by atoms with van der Waals surface area (Å²) in [5, 5.41) is 25.2. The molecule has 102 valence electrons. The van der Waals surface area contributed by atoms with E-state index < -0.39 is 5.60 Å². The molecule has 0 saturated carbocycles. The summed E-state index contributed by atoms with van der Waals surface area (Å²) >= 11 is 0. The Labute approximate surface area is 111 Å². The van der Waals surface area contributed by atoms with Gasteiger partial charge < -0.3 is 5.11 Å².